The van der Waals surface area contributed by atoms with Crippen LogP contribution in [0.15, 0.2) is 36.8 Å². The van der Waals surface area contributed by atoms with E-state index < -0.39 is 11.9 Å². The fourth-order valence-corrected chi connectivity index (χ4v) is 1.39. The molecule has 86 valence electrons. The zero-order valence-electron chi connectivity index (χ0n) is 9.05. The van der Waals surface area contributed by atoms with Crippen LogP contribution >= 0.6 is 0 Å². The Kier molecular flexibility index (Phi) is 3.09. The van der Waals surface area contributed by atoms with Crippen LogP contribution in [0, 0.1) is 5.95 Å². The van der Waals surface area contributed by atoms with Gasteiger partial charge in [-0.15, -0.1) is 0 Å². The van der Waals surface area contributed by atoms with Crippen LogP contribution in [0.4, 0.5) is 4.39 Å². The molecule has 2 rings (SSSR count). The van der Waals surface area contributed by atoms with Crippen LogP contribution in [0.3, 0.4) is 0 Å². The molecule has 0 amide bonds. The van der Waals surface area contributed by atoms with Gasteiger partial charge in [0.1, 0.15) is 5.56 Å². The third kappa shape index (κ3) is 2.28. The number of aromatic nitrogens is 2. The normalized spacial score (nSPS) is 10.0. The third-order valence-corrected chi connectivity index (χ3v) is 2.24. The Morgan fingerprint density at radius 3 is 2.82 bits per heavy atom. The summed E-state index contributed by atoms with van der Waals surface area (Å²) in [5.41, 5.74) is 1.18. The Labute approximate surface area is 97.1 Å². The highest BCUT2D eigenvalue weighted by Crippen LogP contribution is 2.19. The number of nitrogens with zero attached hydrogens (tertiary/aromatic N) is 2. The summed E-state index contributed by atoms with van der Waals surface area (Å²) in [5.74, 6) is -1.59. The average molecular weight is 232 g/mol. The van der Waals surface area contributed by atoms with Gasteiger partial charge in [0, 0.05) is 29.7 Å². The molecule has 0 spiro atoms. The maximum absolute atomic E-state index is 13.3. The van der Waals surface area contributed by atoms with Gasteiger partial charge in [0.15, 0.2) is 0 Å². The van der Waals surface area contributed by atoms with Crippen molar-refractivity contribution in [2.75, 3.05) is 7.11 Å². The molecule has 0 aliphatic rings. The number of halogens is 1. The molecule has 0 saturated heterocycles. The van der Waals surface area contributed by atoms with E-state index in [0.717, 1.165) is 5.56 Å². The topological polar surface area (TPSA) is 52.1 Å². The minimum absolute atomic E-state index is 0.186. The molecule has 0 radical (unpaired) electrons. The number of esters is 1. The lowest BCUT2D eigenvalue weighted by atomic mass is 10.1. The number of pyridine rings is 2. The van der Waals surface area contributed by atoms with Crippen molar-refractivity contribution in [3.63, 3.8) is 0 Å². The van der Waals surface area contributed by atoms with Crippen molar-refractivity contribution in [3.8, 4) is 11.1 Å². The highest BCUT2D eigenvalue weighted by molar-refractivity contribution is 5.90. The number of carbonyl (C=O) groups is 1. The minimum Gasteiger partial charge on any atom is -0.465 e. The van der Waals surface area contributed by atoms with Crippen molar-refractivity contribution in [1.29, 1.82) is 0 Å². The van der Waals surface area contributed by atoms with Crippen molar-refractivity contribution >= 4 is 5.97 Å². The molecule has 2 aromatic heterocycles. The predicted molar refractivity (Wildman–Crippen MR) is 58.8 cm³/mol. The SMILES string of the molecule is COC(=O)c1cc(-c2cccnc2)cnc1F. The fraction of sp³-hybridized carbons (Fsp3) is 0.0833. The van der Waals surface area contributed by atoms with Gasteiger partial charge in [-0.3, -0.25) is 4.98 Å². The van der Waals surface area contributed by atoms with Crippen LogP contribution in [-0.4, -0.2) is 23.0 Å². The number of carbonyl (C=O) groups excluding carboxylic acids is 1. The number of methoxy groups -OCH3 is 1. The Balaban J connectivity index is 2.48. The summed E-state index contributed by atoms with van der Waals surface area (Å²) in [6.07, 6.45) is 4.58. The van der Waals surface area contributed by atoms with Gasteiger partial charge in [0.25, 0.3) is 0 Å². The summed E-state index contributed by atoms with van der Waals surface area (Å²) in [7, 11) is 1.19. The monoisotopic (exact) mass is 232 g/mol. The maximum atomic E-state index is 13.3. The standard InChI is InChI=1S/C12H9FN2O2/c1-17-12(16)10-5-9(7-15-11(10)13)8-3-2-4-14-6-8/h2-7H,1H3. The van der Waals surface area contributed by atoms with Gasteiger partial charge in [-0.2, -0.15) is 4.39 Å². The Morgan fingerprint density at radius 1 is 1.35 bits per heavy atom. The molecule has 0 aromatic carbocycles. The van der Waals surface area contributed by atoms with Gasteiger partial charge in [-0.25, -0.2) is 9.78 Å². The van der Waals surface area contributed by atoms with Crippen molar-refractivity contribution in [2.24, 2.45) is 0 Å². The van der Waals surface area contributed by atoms with Crippen molar-refractivity contribution < 1.29 is 13.9 Å². The van der Waals surface area contributed by atoms with E-state index in [0.29, 0.717) is 5.56 Å². The Morgan fingerprint density at radius 2 is 2.18 bits per heavy atom. The first kappa shape index (κ1) is 11.2. The molecule has 0 saturated carbocycles. The van der Waals surface area contributed by atoms with Crippen molar-refractivity contribution in [3.05, 3.63) is 48.3 Å². The zero-order chi connectivity index (χ0) is 12.3. The second kappa shape index (κ2) is 4.69. The third-order valence-electron chi connectivity index (χ3n) is 2.24. The second-order valence-corrected chi connectivity index (χ2v) is 3.30. The molecule has 2 aromatic rings. The highest BCUT2D eigenvalue weighted by atomic mass is 19.1. The molecule has 0 atom stereocenters. The Hall–Kier alpha value is -2.30. The number of ether oxygens (including phenoxy) is 1. The summed E-state index contributed by atoms with van der Waals surface area (Å²) in [6.45, 7) is 0. The fourth-order valence-electron chi connectivity index (χ4n) is 1.39. The van der Waals surface area contributed by atoms with Crippen LogP contribution in [0.1, 0.15) is 10.4 Å². The lowest BCUT2D eigenvalue weighted by Gasteiger charge is -2.04. The van der Waals surface area contributed by atoms with E-state index in [1.165, 1.54) is 19.4 Å². The van der Waals surface area contributed by atoms with Gasteiger partial charge >= 0.3 is 5.97 Å². The van der Waals surface area contributed by atoms with E-state index in [-0.39, 0.29) is 5.56 Å². The van der Waals surface area contributed by atoms with Gasteiger partial charge in [-0.05, 0) is 12.1 Å². The van der Waals surface area contributed by atoms with Crippen LogP contribution in [0.25, 0.3) is 11.1 Å². The molecule has 17 heavy (non-hydrogen) atoms. The molecule has 4 nitrogen and oxygen atoms in total. The number of hydrogen-bond acceptors (Lipinski definition) is 4. The molecule has 0 unspecified atom stereocenters. The zero-order valence-corrected chi connectivity index (χ0v) is 9.05. The first-order valence-electron chi connectivity index (χ1n) is 4.86. The molecule has 0 aliphatic carbocycles. The van der Waals surface area contributed by atoms with E-state index in [4.69, 9.17) is 0 Å². The van der Waals surface area contributed by atoms with Gasteiger partial charge in [0.2, 0.25) is 5.95 Å². The Bertz CT molecular complexity index is 543. The maximum Gasteiger partial charge on any atom is 0.342 e. The number of hydrogen-bond donors (Lipinski definition) is 0. The highest BCUT2D eigenvalue weighted by Gasteiger charge is 2.14. The lowest BCUT2D eigenvalue weighted by Crippen LogP contribution is -2.06. The molecular weight excluding hydrogens is 223 g/mol. The summed E-state index contributed by atoms with van der Waals surface area (Å²) in [5, 5.41) is 0. The summed E-state index contributed by atoms with van der Waals surface area (Å²) in [6, 6.07) is 4.94. The van der Waals surface area contributed by atoms with Crippen LogP contribution in [0.5, 0.6) is 0 Å². The second-order valence-electron chi connectivity index (χ2n) is 3.30. The van der Waals surface area contributed by atoms with E-state index in [1.54, 1.807) is 24.5 Å². The molecule has 0 N–H and O–H groups in total. The largest absolute Gasteiger partial charge is 0.465 e. The smallest absolute Gasteiger partial charge is 0.342 e. The van der Waals surface area contributed by atoms with E-state index in [2.05, 4.69) is 14.7 Å². The van der Waals surface area contributed by atoms with Crippen molar-refractivity contribution in [2.45, 2.75) is 0 Å². The summed E-state index contributed by atoms with van der Waals surface area (Å²) in [4.78, 5) is 18.8. The minimum atomic E-state index is -0.843. The van der Waals surface area contributed by atoms with E-state index >= 15 is 0 Å². The summed E-state index contributed by atoms with van der Waals surface area (Å²) < 4.78 is 17.8. The van der Waals surface area contributed by atoms with Crippen molar-refractivity contribution in [1.82, 2.24) is 9.97 Å². The van der Waals surface area contributed by atoms with Crippen LogP contribution in [-0.2, 0) is 4.74 Å². The van der Waals surface area contributed by atoms with E-state index in [9.17, 15) is 9.18 Å². The number of rotatable bonds is 2. The molecule has 0 aliphatic heterocycles. The lowest BCUT2D eigenvalue weighted by molar-refractivity contribution is 0.0594. The molecule has 2 heterocycles. The van der Waals surface area contributed by atoms with Gasteiger partial charge < -0.3 is 4.74 Å². The molecule has 0 bridgehead atoms. The van der Waals surface area contributed by atoms with Gasteiger partial charge in [0.05, 0.1) is 7.11 Å². The predicted octanol–water partition coefficient (Wildman–Crippen LogP) is 2.07. The average Bonchev–Trinajstić information content (AvgIpc) is 2.39. The van der Waals surface area contributed by atoms with E-state index in [1.807, 2.05) is 0 Å². The quantitative estimate of drug-likeness (QED) is 0.587. The summed E-state index contributed by atoms with van der Waals surface area (Å²) >= 11 is 0. The first-order valence-corrected chi connectivity index (χ1v) is 4.86. The van der Waals surface area contributed by atoms with Gasteiger partial charge in [-0.1, -0.05) is 6.07 Å². The molecule has 0 fully saturated rings. The first-order chi connectivity index (χ1) is 8.22. The van der Waals surface area contributed by atoms with Crippen LogP contribution in [0.2, 0.25) is 0 Å². The molecule has 5 heteroatoms. The molecular formula is C12H9FN2O2. The van der Waals surface area contributed by atoms with Crippen LogP contribution < -0.4 is 0 Å².